The summed E-state index contributed by atoms with van der Waals surface area (Å²) in [7, 11) is -2.02. The predicted molar refractivity (Wildman–Crippen MR) is 200 cm³/mol. The van der Waals surface area contributed by atoms with Crippen LogP contribution in [-0.2, 0) is 0 Å². The number of thiophene rings is 1. The van der Waals surface area contributed by atoms with E-state index in [1.165, 1.54) is 41.9 Å². The Kier molecular flexibility index (Phi) is 10.8. The molecule has 1 aliphatic rings. The number of nitrogens with zero attached hydrogens (tertiary/aromatic N) is 1. The number of nitrogens with two attached hydrogens (primary N) is 1. The zero-order valence-corrected chi connectivity index (χ0v) is 31.2. The highest BCUT2D eigenvalue weighted by molar-refractivity contribution is 7.22. The van der Waals surface area contributed by atoms with Crippen molar-refractivity contribution in [2.75, 3.05) is 32.0 Å². The van der Waals surface area contributed by atoms with E-state index in [2.05, 4.69) is 110 Å². The summed E-state index contributed by atoms with van der Waals surface area (Å²) in [5.41, 5.74) is 13.8. The van der Waals surface area contributed by atoms with Crippen molar-refractivity contribution in [2.24, 2.45) is 0 Å². The number of fused-ring (bicyclic) bond motifs is 1. The number of benzene rings is 3. The number of aryl methyl sites for hydroxylation is 1. The van der Waals surface area contributed by atoms with Crippen molar-refractivity contribution in [1.82, 2.24) is 4.90 Å². The predicted octanol–water partition coefficient (Wildman–Crippen LogP) is 10.9. The van der Waals surface area contributed by atoms with E-state index >= 15 is 0 Å². The Balaban J connectivity index is 1.45. The Labute approximate surface area is 282 Å². The number of rotatable bonds is 13. The quantitative estimate of drug-likeness (QED) is 0.114. The molecule has 0 saturated carbocycles. The topological polar surface area (TPSA) is 57.0 Å². The minimum absolute atomic E-state index is 0.0232. The summed E-state index contributed by atoms with van der Waals surface area (Å²) >= 11 is 1.78. The first kappa shape index (κ1) is 34.3. The van der Waals surface area contributed by atoms with Crippen LogP contribution in [0.4, 0.5) is 5.69 Å². The highest BCUT2D eigenvalue weighted by Gasteiger charge is 2.47. The Morgan fingerprint density at radius 2 is 1.37 bits per heavy atom. The van der Waals surface area contributed by atoms with E-state index in [1.807, 2.05) is 12.1 Å². The van der Waals surface area contributed by atoms with Gasteiger partial charge in [0, 0.05) is 27.1 Å². The summed E-state index contributed by atoms with van der Waals surface area (Å²) in [5.74, 6) is 2.67. The molecule has 0 unspecified atom stereocenters. The van der Waals surface area contributed by atoms with Crippen molar-refractivity contribution in [3.63, 3.8) is 0 Å². The second-order valence-electron chi connectivity index (χ2n) is 14.1. The normalized spacial score (nSPS) is 14.4. The third kappa shape index (κ3) is 6.97. The van der Waals surface area contributed by atoms with Gasteiger partial charge in [0.25, 0.3) is 8.32 Å². The van der Waals surface area contributed by atoms with Gasteiger partial charge >= 0.3 is 0 Å². The molecule has 1 aromatic heterocycles. The minimum atomic E-state index is -2.02. The molecule has 248 valence electrons. The molecule has 4 aromatic rings. The number of nitrogen functional groups attached to an aromatic ring is 1. The van der Waals surface area contributed by atoms with Crippen LogP contribution in [0.25, 0.3) is 31.7 Å². The maximum atomic E-state index is 7.06. The van der Waals surface area contributed by atoms with E-state index in [-0.39, 0.29) is 6.10 Å². The van der Waals surface area contributed by atoms with Crippen molar-refractivity contribution in [3.8, 4) is 38.8 Å². The van der Waals surface area contributed by atoms with Gasteiger partial charge in [0.05, 0.1) is 11.8 Å². The Morgan fingerprint density at radius 3 is 1.93 bits per heavy atom. The van der Waals surface area contributed by atoms with Gasteiger partial charge in [0.1, 0.15) is 23.9 Å². The van der Waals surface area contributed by atoms with Crippen LogP contribution in [-0.4, -0.2) is 45.6 Å². The zero-order valence-electron chi connectivity index (χ0n) is 29.4. The van der Waals surface area contributed by atoms with E-state index in [9.17, 15) is 0 Å². The Hall–Kier alpha value is -3.00. The fourth-order valence-electron chi connectivity index (χ4n) is 7.59. The van der Waals surface area contributed by atoms with Crippen LogP contribution in [0.15, 0.2) is 54.6 Å². The van der Waals surface area contributed by atoms with Gasteiger partial charge in [-0.05, 0) is 122 Å². The molecule has 1 aliphatic heterocycles. The summed E-state index contributed by atoms with van der Waals surface area (Å²) in [6.07, 6.45) is 2.62. The lowest BCUT2D eigenvalue weighted by Crippen LogP contribution is -2.50. The van der Waals surface area contributed by atoms with E-state index in [0.717, 1.165) is 50.7 Å². The molecule has 0 aliphatic carbocycles. The highest BCUT2D eigenvalue weighted by Crippen LogP contribution is 2.49. The van der Waals surface area contributed by atoms with E-state index < -0.39 is 8.32 Å². The molecule has 1 saturated heterocycles. The average Bonchev–Trinajstić information content (AvgIpc) is 3.64. The molecule has 0 amide bonds. The third-order valence-corrected chi connectivity index (χ3v) is 17.0. The summed E-state index contributed by atoms with van der Waals surface area (Å²) in [5, 5.41) is 1.10. The Bertz CT molecular complexity index is 1580. The third-order valence-electron chi connectivity index (χ3n) is 9.72. The van der Waals surface area contributed by atoms with E-state index in [4.69, 9.17) is 19.6 Å². The highest BCUT2D eigenvalue weighted by atomic mass is 32.1. The zero-order chi connectivity index (χ0) is 33.2. The molecule has 0 spiro atoms. The summed E-state index contributed by atoms with van der Waals surface area (Å²) in [6, 6.07) is 19.2. The smallest absolute Gasteiger partial charge is 0.258 e. The largest absolute Gasteiger partial charge is 0.543 e. The van der Waals surface area contributed by atoms with Crippen LogP contribution in [0.3, 0.4) is 0 Å². The van der Waals surface area contributed by atoms with Gasteiger partial charge < -0.3 is 19.6 Å². The van der Waals surface area contributed by atoms with Crippen molar-refractivity contribution in [2.45, 2.75) is 97.9 Å². The van der Waals surface area contributed by atoms with Gasteiger partial charge in [0.2, 0.25) is 0 Å². The minimum Gasteiger partial charge on any atom is -0.543 e. The molecule has 2 heterocycles. The van der Waals surface area contributed by atoms with Crippen LogP contribution in [0.5, 0.6) is 17.2 Å². The van der Waals surface area contributed by atoms with Crippen LogP contribution in [0, 0.1) is 6.92 Å². The molecule has 1 fully saturated rings. The second-order valence-corrected chi connectivity index (χ2v) is 20.6. The molecule has 0 atom stereocenters. The van der Waals surface area contributed by atoms with Gasteiger partial charge in [-0.15, -0.1) is 11.3 Å². The van der Waals surface area contributed by atoms with Crippen molar-refractivity contribution < 1.29 is 13.9 Å². The fraction of sp³-hybridized carbons (Fsp3) is 0.487. The van der Waals surface area contributed by atoms with Crippen molar-refractivity contribution in [3.05, 3.63) is 60.2 Å². The van der Waals surface area contributed by atoms with Crippen LogP contribution < -0.4 is 19.6 Å². The SMILES string of the molecule is Cc1c(-c2ccc(O[Si](C(C)C)(C(C)C)C(C)C)cc2)sc2cc(OC(C)C)c(-c3ccc(OCCN4CCCC4)cc3)c(N)c12. The number of hydrogen-bond donors (Lipinski definition) is 1. The van der Waals surface area contributed by atoms with Crippen LogP contribution in [0.2, 0.25) is 16.6 Å². The van der Waals surface area contributed by atoms with Crippen LogP contribution in [0.1, 0.15) is 73.8 Å². The molecule has 5 nitrogen and oxygen atoms in total. The standard InChI is InChI=1S/C39H54N2O3SSi/c1-25(2)43-34-24-35-36(38(40)37(34)30-12-16-32(17-13-30)42-23-22-41-20-10-11-21-41)29(9)39(45-35)31-14-18-33(19-15-31)44-46(26(3)4,27(5)6)28(7)8/h12-19,24-28H,10-11,20-23,40H2,1-9H3. The molecule has 0 bridgehead atoms. The number of ether oxygens (including phenoxy) is 2. The summed E-state index contributed by atoms with van der Waals surface area (Å²) in [4.78, 5) is 3.69. The first-order valence-corrected chi connectivity index (χ1v) is 20.1. The van der Waals surface area contributed by atoms with Gasteiger partial charge in [-0.25, -0.2) is 0 Å². The number of anilines is 1. The maximum absolute atomic E-state index is 7.06. The van der Waals surface area contributed by atoms with E-state index in [0.29, 0.717) is 23.2 Å². The lowest BCUT2D eigenvalue weighted by Gasteiger charge is -2.42. The van der Waals surface area contributed by atoms with Crippen molar-refractivity contribution in [1.29, 1.82) is 0 Å². The van der Waals surface area contributed by atoms with Gasteiger partial charge in [-0.1, -0.05) is 53.7 Å². The molecular formula is C39H54N2O3SSi. The van der Waals surface area contributed by atoms with Crippen molar-refractivity contribution >= 4 is 35.4 Å². The summed E-state index contributed by atoms with van der Waals surface area (Å²) in [6.45, 7) is 24.3. The molecule has 2 N–H and O–H groups in total. The monoisotopic (exact) mass is 658 g/mol. The molecule has 3 aromatic carbocycles. The lowest BCUT2D eigenvalue weighted by atomic mass is 9.97. The van der Waals surface area contributed by atoms with Crippen LogP contribution >= 0.6 is 11.3 Å². The second kappa shape index (κ2) is 14.4. The Morgan fingerprint density at radius 1 is 0.804 bits per heavy atom. The number of hydrogen-bond acceptors (Lipinski definition) is 6. The molecule has 7 heteroatoms. The molecule has 5 rings (SSSR count). The first-order valence-electron chi connectivity index (χ1n) is 17.2. The fourth-order valence-corrected chi connectivity index (χ4v) is 14.1. The number of likely N-dealkylation sites (tertiary alicyclic amines) is 1. The van der Waals surface area contributed by atoms with E-state index in [1.54, 1.807) is 11.3 Å². The average molecular weight is 659 g/mol. The lowest BCUT2D eigenvalue weighted by molar-refractivity contribution is 0.238. The van der Waals surface area contributed by atoms with Gasteiger partial charge in [-0.2, -0.15) is 0 Å². The maximum Gasteiger partial charge on any atom is 0.258 e. The van der Waals surface area contributed by atoms with Gasteiger partial charge in [-0.3, -0.25) is 4.90 Å². The summed E-state index contributed by atoms with van der Waals surface area (Å²) < 4.78 is 20.6. The molecular weight excluding hydrogens is 605 g/mol. The molecule has 46 heavy (non-hydrogen) atoms. The molecule has 0 radical (unpaired) electrons. The van der Waals surface area contributed by atoms with Gasteiger partial charge in [0.15, 0.2) is 0 Å². The first-order chi connectivity index (χ1) is 21.9.